The number of hydrogen-bond donors (Lipinski definition) is 0. The molecule has 7 nitrogen and oxygen atoms in total. The Bertz CT molecular complexity index is 935. The van der Waals surface area contributed by atoms with Crippen LogP contribution in [0.5, 0.6) is 0 Å². The molecule has 3 aromatic rings. The van der Waals surface area contributed by atoms with Gasteiger partial charge < -0.3 is 4.90 Å². The first-order chi connectivity index (χ1) is 13.7. The molecule has 0 saturated carbocycles. The second-order valence-electron chi connectivity index (χ2n) is 6.80. The molecule has 0 spiro atoms. The molecular weight excluding hydrogens is 372 g/mol. The van der Waals surface area contributed by atoms with Crippen molar-refractivity contribution in [2.24, 2.45) is 0 Å². The van der Waals surface area contributed by atoms with Crippen LogP contribution in [0.25, 0.3) is 5.69 Å². The van der Waals surface area contributed by atoms with Crippen molar-refractivity contribution >= 4 is 17.7 Å². The minimum Gasteiger partial charge on any atom is -0.337 e. The highest BCUT2D eigenvalue weighted by Crippen LogP contribution is 2.24. The summed E-state index contributed by atoms with van der Waals surface area (Å²) in [5, 5.41) is 9.24. The van der Waals surface area contributed by atoms with Crippen LogP contribution in [0.1, 0.15) is 41.0 Å². The van der Waals surface area contributed by atoms with Crippen molar-refractivity contribution in [3.8, 4) is 5.69 Å². The molecule has 1 aliphatic heterocycles. The van der Waals surface area contributed by atoms with Gasteiger partial charge in [0.2, 0.25) is 0 Å². The van der Waals surface area contributed by atoms with Crippen LogP contribution in [0.2, 0.25) is 0 Å². The lowest BCUT2D eigenvalue weighted by Crippen LogP contribution is -2.36. The molecule has 0 unspecified atom stereocenters. The highest BCUT2D eigenvalue weighted by Gasteiger charge is 2.26. The SMILES string of the molecule is Cc1ccc(-n2nnc(C(=O)N3CCCCC3)c2CSc2ncccn2)cc1. The lowest BCUT2D eigenvalue weighted by atomic mass is 10.1. The van der Waals surface area contributed by atoms with E-state index in [0.29, 0.717) is 16.6 Å². The van der Waals surface area contributed by atoms with Gasteiger partial charge in [-0.3, -0.25) is 4.79 Å². The zero-order valence-electron chi connectivity index (χ0n) is 15.8. The van der Waals surface area contributed by atoms with Crippen LogP contribution in [-0.4, -0.2) is 48.9 Å². The zero-order chi connectivity index (χ0) is 19.3. The van der Waals surface area contributed by atoms with E-state index < -0.39 is 0 Å². The van der Waals surface area contributed by atoms with Gasteiger partial charge in [-0.05, 0) is 44.4 Å². The monoisotopic (exact) mass is 394 g/mol. The average molecular weight is 395 g/mol. The molecule has 0 aliphatic carbocycles. The molecule has 1 aliphatic rings. The number of thioether (sulfide) groups is 1. The number of amides is 1. The lowest BCUT2D eigenvalue weighted by Gasteiger charge is -2.26. The summed E-state index contributed by atoms with van der Waals surface area (Å²) < 4.78 is 1.76. The Morgan fingerprint density at radius 2 is 1.79 bits per heavy atom. The van der Waals surface area contributed by atoms with Crippen LogP contribution in [0.4, 0.5) is 0 Å². The zero-order valence-corrected chi connectivity index (χ0v) is 16.6. The number of piperidine rings is 1. The Balaban J connectivity index is 1.66. The van der Waals surface area contributed by atoms with E-state index in [4.69, 9.17) is 0 Å². The smallest absolute Gasteiger partial charge is 0.276 e. The molecule has 0 radical (unpaired) electrons. The Kier molecular flexibility index (Phi) is 5.66. The highest BCUT2D eigenvalue weighted by molar-refractivity contribution is 7.98. The van der Waals surface area contributed by atoms with E-state index in [1.165, 1.54) is 23.7 Å². The minimum atomic E-state index is -0.0392. The van der Waals surface area contributed by atoms with Crippen molar-refractivity contribution in [1.82, 2.24) is 29.9 Å². The number of hydrogen-bond acceptors (Lipinski definition) is 6. The maximum absolute atomic E-state index is 13.1. The maximum Gasteiger partial charge on any atom is 0.276 e. The third-order valence-corrected chi connectivity index (χ3v) is 5.65. The average Bonchev–Trinajstić information content (AvgIpc) is 3.17. The van der Waals surface area contributed by atoms with E-state index in [2.05, 4.69) is 20.3 Å². The number of nitrogens with zero attached hydrogens (tertiary/aromatic N) is 6. The topological polar surface area (TPSA) is 76.8 Å². The summed E-state index contributed by atoms with van der Waals surface area (Å²) in [6, 6.07) is 9.83. The number of rotatable bonds is 5. The van der Waals surface area contributed by atoms with Crippen molar-refractivity contribution in [1.29, 1.82) is 0 Å². The quantitative estimate of drug-likeness (QED) is 0.488. The fraction of sp³-hybridized carbons (Fsp3) is 0.350. The second kappa shape index (κ2) is 8.52. The molecule has 0 atom stereocenters. The van der Waals surface area contributed by atoms with Gasteiger partial charge in [0.25, 0.3) is 5.91 Å². The van der Waals surface area contributed by atoms with E-state index in [-0.39, 0.29) is 5.91 Å². The molecule has 0 N–H and O–H groups in total. The molecule has 1 aromatic carbocycles. The van der Waals surface area contributed by atoms with E-state index >= 15 is 0 Å². The van der Waals surface area contributed by atoms with Gasteiger partial charge in [0.1, 0.15) is 0 Å². The summed E-state index contributed by atoms with van der Waals surface area (Å²) >= 11 is 1.47. The molecule has 1 saturated heterocycles. The predicted molar refractivity (Wildman–Crippen MR) is 107 cm³/mol. The van der Waals surface area contributed by atoms with Gasteiger partial charge in [-0.25, -0.2) is 14.6 Å². The van der Waals surface area contributed by atoms with E-state index in [0.717, 1.165) is 37.3 Å². The maximum atomic E-state index is 13.1. The minimum absolute atomic E-state index is 0.0392. The van der Waals surface area contributed by atoms with Gasteiger partial charge in [0, 0.05) is 31.2 Å². The third kappa shape index (κ3) is 4.06. The summed E-state index contributed by atoms with van der Waals surface area (Å²) in [7, 11) is 0. The first-order valence-electron chi connectivity index (χ1n) is 9.43. The van der Waals surface area contributed by atoms with Crippen molar-refractivity contribution in [2.45, 2.75) is 37.1 Å². The summed E-state index contributed by atoms with van der Waals surface area (Å²) in [4.78, 5) is 23.5. The first kappa shape index (κ1) is 18.6. The molecule has 2 aromatic heterocycles. The number of likely N-dealkylation sites (tertiary alicyclic amines) is 1. The van der Waals surface area contributed by atoms with Crippen molar-refractivity contribution in [3.05, 3.63) is 59.7 Å². The van der Waals surface area contributed by atoms with Crippen molar-refractivity contribution < 1.29 is 4.79 Å². The fourth-order valence-corrected chi connectivity index (χ4v) is 4.03. The predicted octanol–water partition coefficient (Wildman–Crippen LogP) is 3.28. The van der Waals surface area contributed by atoms with Crippen LogP contribution in [0.15, 0.2) is 47.9 Å². The van der Waals surface area contributed by atoms with Crippen LogP contribution >= 0.6 is 11.8 Å². The Morgan fingerprint density at radius 3 is 2.50 bits per heavy atom. The summed E-state index contributed by atoms with van der Waals surface area (Å²) in [6.07, 6.45) is 6.68. The fourth-order valence-electron chi connectivity index (χ4n) is 3.23. The van der Waals surface area contributed by atoms with Gasteiger partial charge >= 0.3 is 0 Å². The summed E-state index contributed by atoms with van der Waals surface area (Å²) in [5.74, 6) is 0.474. The van der Waals surface area contributed by atoms with Crippen LogP contribution in [0.3, 0.4) is 0 Å². The molecule has 1 fully saturated rings. The van der Waals surface area contributed by atoms with Gasteiger partial charge in [-0.15, -0.1) is 5.10 Å². The molecule has 1 amide bonds. The number of carbonyl (C=O) groups is 1. The van der Waals surface area contributed by atoms with Crippen LogP contribution in [0, 0.1) is 6.92 Å². The van der Waals surface area contributed by atoms with E-state index in [9.17, 15) is 4.79 Å². The normalized spacial score (nSPS) is 14.2. The molecule has 3 heterocycles. The molecule has 28 heavy (non-hydrogen) atoms. The van der Waals surface area contributed by atoms with Crippen molar-refractivity contribution in [2.75, 3.05) is 13.1 Å². The molecule has 8 heteroatoms. The number of benzene rings is 1. The van der Waals surface area contributed by atoms with Gasteiger partial charge in [-0.2, -0.15) is 0 Å². The Hall–Kier alpha value is -2.74. The largest absolute Gasteiger partial charge is 0.337 e. The standard InChI is InChI=1S/C20H22N6OS/c1-15-6-8-16(9-7-15)26-17(14-28-20-21-10-5-11-22-20)18(23-24-26)19(27)25-12-3-2-4-13-25/h5-11H,2-4,12-14H2,1H3. The molecule has 4 rings (SSSR count). The second-order valence-corrected chi connectivity index (χ2v) is 7.75. The van der Waals surface area contributed by atoms with Gasteiger partial charge in [0.05, 0.1) is 11.4 Å². The first-order valence-corrected chi connectivity index (χ1v) is 10.4. The van der Waals surface area contributed by atoms with E-state index in [1.807, 2.05) is 36.1 Å². The van der Waals surface area contributed by atoms with Gasteiger partial charge in [0.15, 0.2) is 10.9 Å². The highest BCUT2D eigenvalue weighted by atomic mass is 32.2. The third-order valence-electron chi connectivity index (χ3n) is 4.77. The number of aromatic nitrogens is 5. The van der Waals surface area contributed by atoms with Crippen LogP contribution < -0.4 is 0 Å². The molecule has 144 valence electrons. The summed E-state index contributed by atoms with van der Waals surface area (Å²) in [5.41, 5.74) is 3.25. The molecule has 0 bridgehead atoms. The van der Waals surface area contributed by atoms with Crippen molar-refractivity contribution in [3.63, 3.8) is 0 Å². The lowest BCUT2D eigenvalue weighted by molar-refractivity contribution is 0.0717. The number of aryl methyl sites for hydroxylation is 1. The summed E-state index contributed by atoms with van der Waals surface area (Å²) in [6.45, 7) is 3.61. The Labute approximate surface area is 168 Å². The van der Waals surface area contributed by atoms with E-state index in [1.54, 1.807) is 23.1 Å². The molecular formula is C20H22N6OS. The Morgan fingerprint density at radius 1 is 1.07 bits per heavy atom. The van der Waals surface area contributed by atoms with Gasteiger partial charge in [-0.1, -0.05) is 34.7 Å². The number of carbonyl (C=O) groups excluding carboxylic acids is 1. The van der Waals surface area contributed by atoms with Crippen LogP contribution in [-0.2, 0) is 5.75 Å².